The Labute approximate surface area is 229 Å². The first-order valence-corrected chi connectivity index (χ1v) is 12.9. The number of rotatable bonds is 7. The molecule has 0 aliphatic rings. The van der Waals surface area contributed by atoms with Crippen LogP contribution in [0.3, 0.4) is 0 Å². The van der Waals surface area contributed by atoms with E-state index >= 15 is 0 Å². The summed E-state index contributed by atoms with van der Waals surface area (Å²) in [5, 5.41) is 12.3. The normalized spacial score (nSPS) is 10.8. The first kappa shape index (κ1) is 25.7. The number of nitro groups is 1. The molecule has 0 N–H and O–H groups in total. The van der Waals surface area contributed by atoms with Crippen molar-refractivity contribution >= 4 is 39.8 Å². The summed E-state index contributed by atoms with van der Waals surface area (Å²) in [6.45, 7) is 8.20. The zero-order chi connectivity index (χ0) is 27.5. The Kier molecular flexibility index (Phi) is 7.15. The van der Waals surface area contributed by atoms with E-state index in [1.807, 2.05) is 107 Å². The maximum absolute atomic E-state index is 12.3. The summed E-state index contributed by atoms with van der Waals surface area (Å²) in [6, 6.07) is 38.1. The Balaban J connectivity index is 1.78. The minimum absolute atomic E-state index is 0.0260. The fourth-order valence-electron chi connectivity index (χ4n) is 4.91. The van der Waals surface area contributed by atoms with Crippen molar-refractivity contribution in [2.24, 2.45) is 0 Å². The van der Waals surface area contributed by atoms with Gasteiger partial charge in [0.15, 0.2) is 0 Å². The molecule has 0 unspecified atom stereocenters. The summed E-state index contributed by atoms with van der Waals surface area (Å²) < 4.78 is 0. The lowest BCUT2D eigenvalue weighted by molar-refractivity contribution is -0.384. The van der Waals surface area contributed by atoms with E-state index in [1.54, 1.807) is 12.1 Å². The van der Waals surface area contributed by atoms with Crippen LogP contribution in [0.25, 0.3) is 0 Å². The van der Waals surface area contributed by atoms with Gasteiger partial charge in [-0.15, -0.1) is 0 Å². The van der Waals surface area contributed by atoms with Gasteiger partial charge in [0, 0.05) is 34.9 Å². The van der Waals surface area contributed by atoms with E-state index in [9.17, 15) is 10.1 Å². The molecular weight excluding hydrogens is 482 g/mol. The Morgan fingerprint density at radius 1 is 0.462 bits per heavy atom. The minimum atomic E-state index is -0.317. The quantitative estimate of drug-likeness (QED) is 0.160. The molecular formula is C34H31N3O2. The summed E-state index contributed by atoms with van der Waals surface area (Å²) >= 11 is 0. The second-order valence-corrected chi connectivity index (χ2v) is 9.99. The molecule has 5 heteroatoms. The molecule has 5 aromatic rings. The lowest BCUT2D eigenvalue weighted by atomic mass is 10.1. The average molecular weight is 514 g/mol. The van der Waals surface area contributed by atoms with Gasteiger partial charge < -0.3 is 9.80 Å². The van der Waals surface area contributed by atoms with Gasteiger partial charge in [0.1, 0.15) is 0 Å². The van der Waals surface area contributed by atoms with Crippen molar-refractivity contribution in [3.05, 3.63) is 148 Å². The standard InChI is InChI=1S/C34H31N3O2/c1-24-9-5-13-28(17-24)35(29-14-6-10-25(2)18-29)32-21-33(23-34(22-32)37(38)39)36(30-15-7-11-26(3)19-30)31-16-8-12-27(4)20-31/h5-23H,1-4H3. The first-order chi connectivity index (χ1) is 18.8. The Bertz CT molecular complexity index is 1460. The topological polar surface area (TPSA) is 49.6 Å². The lowest BCUT2D eigenvalue weighted by Crippen LogP contribution is -2.14. The van der Waals surface area contributed by atoms with Crippen LogP contribution >= 0.6 is 0 Å². The van der Waals surface area contributed by atoms with Crippen LogP contribution in [-0.2, 0) is 0 Å². The zero-order valence-electron chi connectivity index (χ0n) is 22.6. The first-order valence-electron chi connectivity index (χ1n) is 12.9. The third-order valence-electron chi connectivity index (χ3n) is 6.65. The van der Waals surface area contributed by atoms with E-state index in [0.29, 0.717) is 11.4 Å². The Morgan fingerprint density at radius 3 is 1.03 bits per heavy atom. The monoisotopic (exact) mass is 513 g/mol. The van der Waals surface area contributed by atoms with E-state index in [1.165, 1.54) is 0 Å². The van der Waals surface area contributed by atoms with Crippen molar-refractivity contribution in [2.45, 2.75) is 27.7 Å². The predicted molar refractivity (Wildman–Crippen MR) is 161 cm³/mol. The van der Waals surface area contributed by atoms with Gasteiger partial charge in [-0.25, -0.2) is 0 Å². The largest absolute Gasteiger partial charge is 0.310 e. The van der Waals surface area contributed by atoms with Gasteiger partial charge in [-0.05, 0) is 105 Å². The van der Waals surface area contributed by atoms with Crippen molar-refractivity contribution in [3.8, 4) is 0 Å². The molecule has 0 spiro atoms. The highest BCUT2D eigenvalue weighted by Crippen LogP contribution is 2.43. The maximum atomic E-state index is 12.3. The Hall–Kier alpha value is -4.90. The van der Waals surface area contributed by atoms with Crippen LogP contribution in [0.4, 0.5) is 39.8 Å². The number of anilines is 6. The molecule has 194 valence electrons. The Morgan fingerprint density at radius 2 is 0.769 bits per heavy atom. The van der Waals surface area contributed by atoms with Gasteiger partial charge in [0.05, 0.1) is 16.3 Å². The fraction of sp³-hybridized carbons (Fsp3) is 0.118. The number of aryl methyl sites for hydroxylation is 4. The van der Waals surface area contributed by atoms with Crippen molar-refractivity contribution in [1.82, 2.24) is 0 Å². The maximum Gasteiger partial charge on any atom is 0.273 e. The zero-order valence-corrected chi connectivity index (χ0v) is 22.6. The highest BCUT2D eigenvalue weighted by molar-refractivity contribution is 5.85. The molecule has 0 saturated carbocycles. The van der Waals surface area contributed by atoms with Crippen LogP contribution in [0, 0.1) is 37.8 Å². The molecule has 0 fully saturated rings. The molecule has 0 bridgehead atoms. The highest BCUT2D eigenvalue weighted by Gasteiger charge is 2.22. The smallest absolute Gasteiger partial charge is 0.273 e. The molecule has 0 aromatic heterocycles. The van der Waals surface area contributed by atoms with Crippen LogP contribution in [0.15, 0.2) is 115 Å². The van der Waals surface area contributed by atoms with Gasteiger partial charge in [0.2, 0.25) is 0 Å². The number of nitro benzene ring substituents is 1. The van der Waals surface area contributed by atoms with Gasteiger partial charge >= 0.3 is 0 Å². The molecule has 0 aliphatic heterocycles. The number of hydrogen-bond acceptors (Lipinski definition) is 4. The summed E-state index contributed by atoms with van der Waals surface area (Å²) in [5.41, 5.74) is 9.62. The van der Waals surface area contributed by atoms with Crippen LogP contribution in [0.2, 0.25) is 0 Å². The van der Waals surface area contributed by atoms with Crippen molar-refractivity contribution in [2.75, 3.05) is 9.80 Å². The lowest BCUT2D eigenvalue weighted by Gasteiger charge is -2.30. The van der Waals surface area contributed by atoms with Gasteiger partial charge in [-0.3, -0.25) is 10.1 Å². The number of nitrogens with zero attached hydrogens (tertiary/aromatic N) is 3. The molecule has 0 aliphatic carbocycles. The molecule has 5 nitrogen and oxygen atoms in total. The van der Waals surface area contributed by atoms with Crippen LogP contribution in [-0.4, -0.2) is 4.92 Å². The molecule has 0 heterocycles. The molecule has 5 rings (SSSR count). The second-order valence-electron chi connectivity index (χ2n) is 9.99. The fourth-order valence-corrected chi connectivity index (χ4v) is 4.91. The van der Waals surface area contributed by atoms with E-state index in [-0.39, 0.29) is 10.6 Å². The van der Waals surface area contributed by atoms with Crippen LogP contribution in [0.1, 0.15) is 22.3 Å². The van der Waals surface area contributed by atoms with Crippen molar-refractivity contribution < 1.29 is 4.92 Å². The second kappa shape index (κ2) is 10.8. The number of benzene rings is 5. The van der Waals surface area contributed by atoms with Crippen LogP contribution in [0.5, 0.6) is 0 Å². The van der Waals surface area contributed by atoms with Gasteiger partial charge in [-0.1, -0.05) is 48.5 Å². The molecule has 0 saturated heterocycles. The van der Waals surface area contributed by atoms with Crippen LogP contribution < -0.4 is 9.80 Å². The highest BCUT2D eigenvalue weighted by atomic mass is 16.6. The summed E-state index contributed by atoms with van der Waals surface area (Å²) in [4.78, 5) is 16.1. The summed E-state index contributed by atoms with van der Waals surface area (Å²) in [7, 11) is 0. The molecule has 5 aromatic carbocycles. The van der Waals surface area contributed by atoms with Gasteiger partial charge in [-0.2, -0.15) is 0 Å². The molecule has 39 heavy (non-hydrogen) atoms. The number of non-ortho nitro benzene ring substituents is 1. The summed E-state index contributed by atoms with van der Waals surface area (Å²) in [5.74, 6) is 0. The number of hydrogen-bond donors (Lipinski definition) is 0. The summed E-state index contributed by atoms with van der Waals surface area (Å²) in [6.07, 6.45) is 0. The van der Waals surface area contributed by atoms with E-state index in [2.05, 4.69) is 34.1 Å². The average Bonchev–Trinajstić information content (AvgIpc) is 2.89. The minimum Gasteiger partial charge on any atom is -0.310 e. The molecule has 0 atom stereocenters. The third kappa shape index (κ3) is 5.68. The molecule has 0 amide bonds. The van der Waals surface area contributed by atoms with E-state index in [0.717, 1.165) is 45.0 Å². The SMILES string of the molecule is Cc1cccc(N(c2cccc(C)c2)c2cc(N(c3cccc(C)c3)c3cccc(C)c3)cc([N+](=O)[O-])c2)c1. The predicted octanol–water partition coefficient (Wildman–Crippen LogP) is 9.77. The van der Waals surface area contributed by atoms with E-state index < -0.39 is 0 Å². The van der Waals surface area contributed by atoms with E-state index in [4.69, 9.17) is 0 Å². The van der Waals surface area contributed by atoms with Crippen molar-refractivity contribution in [3.63, 3.8) is 0 Å². The molecule has 0 radical (unpaired) electrons. The third-order valence-corrected chi connectivity index (χ3v) is 6.65. The van der Waals surface area contributed by atoms with Gasteiger partial charge in [0.25, 0.3) is 5.69 Å². The van der Waals surface area contributed by atoms with Crippen molar-refractivity contribution in [1.29, 1.82) is 0 Å².